The van der Waals surface area contributed by atoms with E-state index in [-0.39, 0.29) is 34.7 Å². The fourth-order valence-corrected chi connectivity index (χ4v) is 6.72. The molecule has 0 radical (unpaired) electrons. The summed E-state index contributed by atoms with van der Waals surface area (Å²) in [5, 5.41) is 27.8. The third kappa shape index (κ3) is 5.10. The van der Waals surface area contributed by atoms with Crippen LogP contribution in [0.1, 0.15) is 54.1 Å². The maximum absolute atomic E-state index is 13.3. The van der Waals surface area contributed by atoms with Crippen LogP contribution in [0.5, 0.6) is 11.5 Å². The van der Waals surface area contributed by atoms with E-state index in [0.717, 1.165) is 44.5 Å². The number of phenols is 2. The van der Waals surface area contributed by atoms with Gasteiger partial charge >= 0.3 is 0 Å². The van der Waals surface area contributed by atoms with E-state index < -0.39 is 5.41 Å². The van der Waals surface area contributed by atoms with Crippen molar-refractivity contribution in [2.45, 2.75) is 19.3 Å². The molecular weight excluding hydrogens is 584 g/mol. The molecule has 0 fully saturated rings. The Hall–Kier alpha value is -6.14. The number of anilines is 2. The number of aryl methyl sites for hydroxylation is 2. The quantitative estimate of drug-likeness (QED) is 0.141. The minimum atomic E-state index is -0.930. The van der Waals surface area contributed by atoms with Gasteiger partial charge in [-0.05, 0) is 95.8 Å². The third-order valence-electron chi connectivity index (χ3n) is 8.87. The molecule has 2 amide bonds. The number of carbonyl (C=O) groups is 2. The van der Waals surface area contributed by atoms with Gasteiger partial charge in [0.15, 0.2) is 0 Å². The molecule has 0 aliphatic heterocycles. The second kappa shape index (κ2) is 11.7. The summed E-state index contributed by atoms with van der Waals surface area (Å²) < 4.78 is 0. The van der Waals surface area contributed by atoms with Gasteiger partial charge in [-0.1, -0.05) is 96.1 Å². The zero-order valence-corrected chi connectivity index (χ0v) is 25.9. The van der Waals surface area contributed by atoms with Gasteiger partial charge in [0, 0.05) is 11.1 Å². The lowest BCUT2D eigenvalue weighted by molar-refractivity contribution is 0.101. The minimum Gasteiger partial charge on any atom is -0.506 e. The van der Waals surface area contributed by atoms with E-state index in [0.29, 0.717) is 11.1 Å². The molecule has 6 nitrogen and oxygen atoms in total. The number of fused-ring (bicyclic) bond motifs is 3. The van der Waals surface area contributed by atoms with Crippen LogP contribution in [0, 0.1) is 13.8 Å². The lowest BCUT2D eigenvalue weighted by Crippen LogP contribution is -2.29. The van der Waals surface area contributed by atoms with Crippen LogP contribution in [0.4, 0.5) is 11.4 Å². The van der Waals surface area contributed by atoms with E-state index in [4.69, 9.17) is 0 Å². The van der Waals surface area contributed by atoms with Crippen LogP contribution in [-0.4, -0.2) is 22.0 Å². The van der Waals surface area contributed by atoms with Crippen LogP contribution in [0.2, 0.25) is 0 Å². The fourth-order valence-electron chi connectivity index (χ4n) is 6.72. The molecule has 0 spiro atoms. The molecule has 0 bridgehead atoms. The molecule has 6 aromatic carbocycles. The third-order valence-corrected chi connectivity index (χ3v) is 8.87. The van der Waals surface area contributed by atoms with Crippen molar-refractivity contribution in [1.82, 2.24) is 0 Å². The van der Waals surface area contributed by atoms with Crippen LogP contribution in [0.15, 0.2) is 133 Å². The van der Waals surface area contributed by atoms with Gasteiger partial charge in [-0.15, -0.1) is 0 Å². The average molecular weight is 617 g/mol. The smallest absolute Gasteiger partial charge is 0.255 e. The van der Waals surface area contributed by atoms with Crippen molar-refractivity contribution in [1.29, 1.82) is 0 Å². The van der Waals surface area contributed by atoms with Crippen molar-refractivity contribution in [3.8, 4) is 22.6 Å². The van der Waals surface area contributed by atoms with Crippen molar-refractivity contribution in [3.05, 3.63) is 178 Å². The van der Waals surface area contributed by atoms with Gasteiger partial charge in [0.2, 0.25) is 0 Å². The monoisotopic (exact) mass is 616 g/mol. The lowest BCUT2D eigenvalue weighted by atomic mass is 9.67. The van der Waals surface area contributed by atoms with Gasteiger partial charge < -0.3 is 20.8 Å². The number of phenolic OH excluding ortho intramolecular Hbond substituents is 2. The zero-order chi connectivity index (χ0) is 32.7. The first-order chi connectivity index (χ1) is 22.8. The molecule has 6 heteroatoms. The first-order valence-corrected chi connectivity index (χ1v) is 15.4. The lowest BCUT2D eigenvalue weighted by Gasteiger charge is -2.34. The Balaban J connectivity index is 1.41. The Morgan fingerprint density at radius 1 is 0.511 bits per heavy atom. The maximum atomic E-state index is 13.3. The number of hydrogen-bond acceptors (Lipinski definition) is 4. The Labute approximate surface area is 273 Å². The highest BCUT2D eigenvalue weighted by Gasteiger charge is 2.46. The summed E-state index contributed by atoms with van der Waals surface area (Å²) in [4.78, 5) is 26.7. The molecule has 1 aliphatic rings. The molecule has 0 saturated heterocycles. The number of hydrogen-bond donors (Lipinski definition) is 4. The summed E-state index contributed by atoms with van der Waals surface area (Å²) in [6.45, 7) is 3.84. The number of nitrogens with one attached hydrogen (secondary N) is 2. The summed E-state index contributed by atoms with van der Waals surface area (Å²) in [6, 6.07) is 41.3. The summed E-state index contributed by atoms with van der Waals surface area (Å²) in [6.07, 6.45) is 0. The first kappa shape index (κ1) is 29.6. The molecule has 6 aromatic rings. The van der Waals surface area contributed by atoms with Gasteiger partial charge in [0.25, 0.3) is 11.8 Å². The van der Waals surface area contributed by atoms with Crippen LogP contribution in [0.25, 0.3) is 11.1 Å². The molecular formula is C41H32N2O4. The Morgan fingerprint density at radius 2 is 0.936 bits per heavy atom. The second-order valence-electron chi connectivity index (χ2n) is 12.0. The normalized spacial score (nSPS) is 12.6. The SMILES string of the molecule is Cc1cccc(C(=O)Nc2cc(C3(c4ccc(O)c(NC(=O)c5cccc(C)c5)c4)c4ccccc4-c4ccccc43)ccc2O)c1. The molecule has 0 heterocycles. The number of amides is 2. The summed E-state index contributed by atoms with van der Waals surface area (Å²) in [7, 11) is 0. The molecule has 0 saturated carbocycles. The number of rotatable bonds is 6. The molecule has 230 valence electrons. The van der Waals surface area contributed by atoms with Gasteiger partial charge in [0.05, 0.1) is 16.8 Å². The van der Waals surface area contributed by atoms with Crippen molar-refractivity contribution in [2.75, 3.05) is 10.6 Å². The van der Waals surface area contributed by atoms with E-state index in [1.807, 2.05) is 74.5 Å². The van der Waals surface area contributed by atoms with Crippen molar-refractivity contribution >= 4 is 23.2 Å². The van der Waals surface area contributed by atoms with E-state index in [1.165, 1.54) is 0 Å². The molecule has 0 atom stereocenters. The first-order valence-electron chi connectivity index (χ1n) is 15.4. The Morgan fingerprint density at radius 3 is 1.36 bits per heavy atom. The molecule has 4 N–H and O–H groups in total. The van der Waals surface area contributed by atoms with E-state index in [1.54, 1.807) is 48.5 Å². The minimum absolute atomic E-state index is 0.0683. The van der Waals surface area contributed by atoms with E-state index in [2.05, 4.69) is 34.9 Å². The highest BCUT2D eigenvalue weighted by atomic mass is 16.3. The highest BCUT2D eigenvalue weighted by molar-refractivity contribution is 6.06. The van der Waals surface area contributed by atoms with Crippen molar-refractivity contribution < 1.29 is 19.8 Å². The highest BCUT2D eigenvalue weighted by Crippen LogP contribution is 2.57. The zero-order valence-electron chi connectivity index (χ0n) is 25.9. The summed E-state index contributed by atoms with van der Waals surface area (Å²) >= 11 is 0. The molecule has 0 unspecified atom stereocenters. The van der Waals surface area contributed by atoms with Gasteiger partial charge in [0.1, 0.15) is 11.5 Å². The Kier molecular flexibility index (Phi) is 7.33. The number of carbonyl (C=O) groups excluding carboxylic acids is 2. The van der Waals surface area contributed by atoms with Gasteiger partial charge in [-0.25, -0.2) is 0 Å². The standard InChI is InChI=1S/C41H32N2O4/c1-25-9-7-11-27(21-25)39(46)42-35-23-29(17-19-37(35)44)41(33-15-5-3-13-31(33)32-14-4-6-16-34(32)41)30-18-20-38(45)36(24-30)43-40(47)28-12-8-10-26(2)22-28/h3-24,44-45H,1-2H3,(H,42,46)(H,43,47). The topological polar surface area (TPSA) is 98.7 Å². The largest absolute Gasteiger partial charge is 0.506 e. The predicted molar refractivity (Wildman–Crippen MR) is 185 cm³/mol. The van der Waals surface area contributed by atoms with Gasteiger partial charge in [-0.2, -0.15) is 0 Å². The second-order valence-corrected chi connectivity index (χ2v) is 12.0. The number of benzene rings is 6. The van der Waals surface area contributed by atoms with E-state index >= 15 is 0 Å². The predicted octanol–water partition coefficient (Wildman–Crippen LogP) is 8.58. The van der Waals surface area contributed by atoms with Gasteiger partial charge in [-0.3, -0.25) is 9.59 Å². The summed E-state index contributed by atoms with van der Waals surface area (Å²) in [5.41, 5.74) is 8.10. The maximum Gasteiger partial charge on any atom is 0.255 e. The average Bonchev–Trinajstić information content (AvgIpc) is 3.38. The van der Waals surface area contributed by atoms with Crippen LogP contribution >= 0.6 is 0 Å². The molecule has 0 aromatic heterocycles. The fraction of sp³-hybridized carbons (Fsp3) is 0.0732. The molecule has 1 aliphatic carbocycles. The van der Waals surface area contributed by atoms with Crippen LogP contribution < -0.4 is 10.6 Å². The molecule has 47 heavy (non-hydrogen) atoms. The van der Waals surface area contributed by atoms with Crippen LogP contribution in [0.3, 0.4) is 0 Å². The number of aromatic hydroxyl groups is 2. The summed E-state index contributed by atoms with van der Waals surface area (Å²) in [5.74, 6) is -0.816. The molecule has 7 rings (SSSR count). The van der Waals surface area contributed by atoms with Crippen LogP contribution in [-0.2, 0) is 5.41 Å². The Bertz CT molecular complexity index is 2050. The van der Waals surface area contributed by atoms with Crippen molar-refractivity contribution in [2.24, 2.45) is 0 Å². The van der Waals surface area contributed by atoms with Crippen molar-refractivity contribution in [3.63, 3.8) is 0 Å². The van der Waals surface area contributed by atoms with E-state index in [9.17, 15) is 19.8 Å².